The van der Waals surface area contributed by atoms with Gasteiger partial charge >= 0.3 is 7.82 Å². The fraction of sp³-hybridized carbons (Fsp3) is 0.533. The molecule has 2 N–H and O–H groups in total. The van der Waals surface area contributed by atoms with Crippen molar-refractivity contribution in [3.05, 3.63) is 29.8 Å². The van der Waals surface area contributed by atoms with Crippen LogP contribution >= 0.6 is 20.5 Å². The minimum absolute atomic E-state index is 0.0745. The van der Waals surface area contributed by atoms with Crippen LogP contribution in [0.3, 0.4) is 0 Å². The van der Waals surface area contributed by atoms with Crippen molar-refractivity contribution in [1.29, 1.82) is 0 Å². The van der Waals surface area contributed by atoms with Crippen molar-refractivity contribution in [2.75, 3.05) is 0 Å². The Morgan fingerprint density at radius 1 is 1.18 bits per heavy atom. The molecule has 1 rings (SSSR count). The lowest BCUT2D eigenvalue weighted by atomic mass is 9.81. The second-order valence-electron chi connectivity index (χ2n) is 4.53. The van der Waals surface area contributed by atoms with E-state index in [-0.39, 0.29) is 17.3 Å². The van der Waals surface area contributed by atoms with Crippen LogP contribution in [0.2, 0.25) is 0 Å². The number of phosphoric acid groups is 1. The van der Waals surface area contributed by atoms with Gasteiger partial charge in [-0.15, -0.1) is 12.6 Å². The molecule has 5 nitrogen and oxygen atoms in total. The molecule has 0 aliphatic heterocycles. The SMILES string of the molecule is CC.CC.CC(C)(CC(=O)S)c1ccccc1OP(=O)(O)O. The topological polar surface area (TPSA) is 83.8 Å². The van der Waals surface area contributed by atoms with E-state index in [4.69, 9.17) is 9.79 Å². The Balaban J connectivity index is 0. The van der Waals surface area contributed by atoms with Crippen LogP contribution in [0.5, 0.6) is 5.75 Å². The summed E-state index contributed by atoms with van der Waals surface area (Å²) in [6.45, 7) is 11.6. The van der Waals surface area contributed by atoms with Gasteiger partial charge in [0.15, 0.2) is 5.12 Å². The molecule has 7 heteroatoms. The van der Waals surface area contributed by atoms with Crippen LogP contribution in [-0.2, 0) is 14.8 Å². The maximum Gasteiger partial charge on any atom is 0.524 e. The summed E-state index contributed by atoms with van der Waals surface area (Å²) in [5, 5.41) is -0.300. The van der Waals surface area contributed by atoms with Gasteiger partial charge in [-0.1, -0.05) is 59.7 Å². The first-order chi connectivity index (χ1) is 10.1. The van der Waals surface area contributed by atoms with Crippen molar-refractivity contribution < 1.29 is 23.7 Å². The number of benzene rings is 1. The zero-order valence-corrected chi connectivity index (χ0v) is 15.8. The van der Waals surface area contributed by atoms with Crippen LogP contribution in [0, 0.1) is 0 Å². The molecule has 1 aromatic rings. The van der Waals surface area contributed by atoms with E-state index in [1.165, 1.54) is 6.07 Å². The molecule has 0 aliphatic rings. The molecule has 22 heavy (non-hydrogen) atoms. The van der Waals surface area contributed by atoms with Crippen molar-refractivity contribution in [2.24, 2.45) is 0 Å². The van der Waals surface area contributed by atoms with E-state index in [1.807, 2.05) is 27.7 Å². The summed E-state index contributed by atoms with van der Waals surface area (Å²) in [6.07, 6.45) is 0.137. The van der Waals surface area contributed by atoms with Gasteiger partial charge in [0, 0.05) is 17.4 Å². The summed E-state index contributed by atoms with van der Waals surface area (Å²) in [6, 6.07) is 6.45. The number of hydrogen-bond donors (Lipinski definition) is 3. The lowest BCUT2D eigenvalue weighted by molar-refractivity contribution is -0.111. The minimum Gasteiger partial charge on any atom is -0.404 e. The van der Waals surface area contributed by atoms with E-state index in [9.17, 15) is 9.36 Å². The standard InChI is InChI=1S/C11H15O5PS.2C2H6/c1-11(2,7-10(12)18)8-5-3-4-6-9(8)16-17(13,14)15;2*1-2/h3-6H,7H2,1-2H3,(H,12,18)(H2,13,14,15);2*1-2H3. The first kappa shape index (κ1) is 23.5. The van der Waals surface area contributed by atoms with Gasteiger partial charge in [0.1, 0.15) is 5.75 Å². The predicted molar refractivity (Wildman–Crippen MR) is 93.4 cm³/mol. The molecule has 0 radical (unpaired) electrons. The van der Waals surface area contributed by atoms with Gasteiger partial charge in [0.2, 0.25) is 0 Å². The Morgan fingerprint density at radius 2 is 1.64 bits per heavy atom. The first-order valence-electron chi connectivity index (χ1n) is 7.18. The zero-order valence-electron chi connectivity index (χ0n) is 14.0. The van der Waals surface area contributed by atoms with Crippen molar-refractivity contribution in [3.8, 4) is 5.75 Å². The molecule has 0 bridgehead atoms. The Labute approximate surface area is 138 Å². The number of hydrogen-bond acceptors (Lipinski definition) is 3. The number of carbonyl (C=O) groups excluding carboxylic acids is 1. The van der Waals surface area contributed by atoms with Gasteiger partial charge in [0.05, 0.1) is 0 Å². The highest BCUT2D eigenvalue weighted by atomic mass is 32.1. The molecule has 0 amide bonds. The fourth-order valence-corrected chi connectivity index (χ4v) is 2.52. The number of para-hydroxylation sites is 1. The Kier molecular flexibility index (Phi) is 11.6. The van der Waals surface area contributed by atoms with Crippen LogP contribution in [0.1, 0.15) is 53.5 Å². The number of carbonyl (C=O) groups is 1. The summed E-state index contributed by atoms with van der Waals surface area (Å²) in [5.41, 5.74) is -0.0688. The highest BCUT2D eigenvalue weighted by Gasteiger charge is 2.28. The monoisotopic (exact) mass is 350 g/mol. The number of rotatable bonds is 5. The lowest BCUT2D eigenvalue weighted by Gasteiger charge is -2.26. The van der Waals surface area contributed by atoms with Crippen molar-refractivity contribution in [1.82, 2.24) is 0 Å². The third-order valence-corrected chi connectivity index (χ3v) is 3.02. The summed E-state index contributed by atoms with van der Waals surface area (Å²) in [7, 11) is -4.62. The average molecular weight is 350 g/mol. The molecule has 0 spiro atoms. The van der Waals surface area contributed by atoms with E-state index < -0.39 is 13.2 Å². The molecule has 0 unspecified atom stereocenters. The lowest BCUT2D eigenvalue weighted by Crippen LogP contribution is -2.20. The summed E-state index contributed by atoms with van der Waals surface area (Å²) in [5.74, 6) is 0.0745. The van der Waals surface area contributed by atoms with E-state index in [1.54, 1.807) is 32.0 Å². The highest BCUT2D eigenvalue weighted by molar-refractivity contribution is 7.96. The Bertz CT molecular complexity index is 496. The molecule has 0 aromatic heterocycles. The highest BCUT2D eigenvalue weighted by Crippen LogP contribution is 2.43. The number of phosphoric ester groups is 1. The fourth-order valence-electron chi connectivity index (χ4n) is 1.71. The summed E-state index contributed by atoms with van der Waals surface area (Å²) < 4.78 is 15.5. The van der Waals surface area contributed by atoms with Crippen LogP contribution in [0.25, 0.3) is 0 Å². The van der Waals surface area contributed by atoms with Gasteiger partial charge in [-0.25, -0.2) is 4.57 Å². The molecule has 0 saturated carbocycles. The molecular weight excluding hydrogens is 323 g/mol. The van der Waals surface area contributed by atoms with Crippen molar-refractivity contribution in [2.45, 2.75) is 53.4 Å². The van der Waals surface area contributed by atoms with Crippen LogP contribution in [0.15, 0.2) is 24.3 Å². The molecule has 0 heterocycles. The van der Waals surface area contributed by atoms with Crippen LogP contribution in [-0.4, -0.2) is 14.9 Å². The van der Waals surface area contributed by atoms with E-state index in [0.717, 1.165) is 0 Å². The molecule has 0 atom stereocenters. The third kappa shape index (κ3) is 9.26. The Hall–Kier alpha value is -0.810. The van der Waals surface area contributed by atoms with Crippen molar-refractivity contribution >= 4 is 25.6 Å². The molecule has 1 aromatic carbocycles. The van der Waals surface area contributed by atoms with Gasteiger partial charge in [-0.2, -0.15) is 0 Å². The second-order valence-corrected chi connectivity index (χ2v) is 6.19. The van der Waals surface area contributed by atoms with Crippen LogP contribution < -0.4 is 4.52 Å². The van der Waals surface area contributed by atoms with E-state index in [2.05, 4.69) is 17.2 Å². The van der Waals surface area contributed by atoms with Crippen LogP contribution in [0.4, 0.5) is 0 Å². The predicted octanol–water partition coefficient (Wildman–Crippen LogP) is 4.33. The van der Waals surface area contributed by atoms with E-state index >= 15 is 0 Å². The summed E-state index contributed by atoms with van der Waals surface area (Å²) >= 11 is 3.73. The quantitative estimate of drug-likeness (QED) is 0.543. The first-order valence-corrected chi connectivity index (χ1v) is 9.16. The van der Waals surface area contributed by atoms with Gasteiger partial charge in [0.25, 0.3) is 0 Å². The third-order valence-electron chi connectivity index (χ3n) is 2.43. The molecular formula is C15H27O5PS. The average Bonchev–Trinajstić information content (AvgIpc) is 2.40. The number of thiol groups is 1. The van der Waals surface area contributed by atoms with E-state index in [0.29, 0.717) is 5.56 Å². The molecule has 0 fully saturated rings. The van der Waals surface area contributed by atoms with Gasteiger partial charge < -0.3 is 4.52 Å². The molecule has 128 valence electrons. The smallest absolute Gasteiger partial charge is 0.404 e. The maximum absolute atomic E-state index is 11.1. The maximum atomic E-state index is 11.1. The normalized spacial score (nSPS) is 10.6. The second kappa shape index (κ2) is 10.8. The zero-order chi connectivity index (χ0) is 18.0. The van der Waals surface area contributed by atoms with Crippen molar-refractivity contribution in [3.63, 3.8) is 0 Å². The largest absolute Gasteiger partial charge is 0.524 e. The molecule has 0 saturated heterocycles. The van der Waals surface area contributed by atoms with Gasteiger partial charge in [-0.05, 0) is 6.07 Å². The van der Waals surface area contributed by atoms with Gasteiger partial charge in [-0.3, -0.25) is 14.6 Å². The minimum atomic E-state index is -4.62. The Morgan fingerprint density at radius 3 is 2.05 bits per heavy atom. The summed E-state index contributed by atoms with van der Waals surface area (Å²) in [4.78, 5) is 28.8. The molecule has 0 aliphatic carbocycles.